The summed E-state index contributed by atoms with van der Waals surface area (Å²) >= 11 is 5.92. The molecule has 3 aromatic carbocycles. The van der Waals surface area contributed by atoms with Gasteiger partial charge in [0, 0.05) is 5.02 Å². The van der Waals surface area contributed by atoms with Crippen molar-refractivity contribution in [1.82, 2.24) is 5.32 Å². The van der Waals surface area contributed by atoms with E-state index in [1.807, 2.05) is 31.2 Å². The smallest absolute Gasteiger partial charge is 0.264 e. The van der Waals surface area contributed by atoms with Gasteiger partial charge in [0.15, 0.2) is 11.5 Å². The van der Waals surface area contributed by atoms with Gasteiger partial charge in [0.25, 0.3) is 10.0 Å². The largest absolute Gasteiger partial charge is 0.486 e. The molecule has 1 N–H and O–H groups in total. The van der Waals surface area contributed by atoms with Gasteiger partial charge in [-0.05, 0) is 61.0 Å². The second-order valence-electron chi connectivity index (χ2n) is 7.61. The molecule has 4 rings (SSSR count). The molecule has 0 radical (unpaired) electrons. The SMILES string of the molecule is Cc1cccc(N(CC(=O)NC[C@H]2COc3ccccc3O2)S(=O)(=O)c2ccc(Cl)cc2)c1. The first-order valence-corrected chi connectivity index (χ1v) is 12.1. The van der Waals surface area contributed by atoms with Crippen LogP contribution in [0, 0.1) is 6.92 Å². The van der Waals surface area contributed by atoms with Crippen LogP contribution in [-0.2, 0) is 14.8 Å². The second kappa shape index (κ2) is 9.72. The molecule has 7 nitrogen and oxygen atoms in total. The molecule has 0 bridgehead atoms. The third kappa shape index (κ3) is 5.40. The van der Waals surface area contributed by atoms with Crippen LogP contribution in [0.4, 0.5) is 5.69 Å². The van der Waals surface area contributed by atoms with Gasteiger partial charge in [-0.1, -0.05) is 35.9 Å². The van der Waals surface area contributed by atoms with E-state index in [4.69, 9.17) is 21.1 Å². The fraction of sp³-hybridized carbons (Fsp3) is 0.208. The lowest BCUT2D eigenvalue weighted by Crippen LogP contribution is -2.45. The molecule has 0 unspecified atom stereocenters. The monoisotopic (exact) mass is 486 g/mol. The number of hydrogen-bond acceptors (Lipinski definition) is 5. The van der Waals surface area contributed by atoms with Crippen LogP contribution in [-0.4, -0.2) is 40.1 Å². The highest BCUT2D eigenvalue weighted by atomic mass is 35.5. The number of aryl methyl sites for hydroxylation is 1. The van der Waals surface area contributed by atoms with Gasteiger partial charge in [0.2, 0.25) is 5.91 Å². The molecule has 0 spiro atoms. The van der Waals surface area contributed by atoms with E-state index in [1.165, 1.54) is 24.3 Å². The first-order valence-electron chi connectivity index (χ1n) is 10.3. The van der Waals surface area contributed by atoms with Gasteiger partial charge < -0.3 is 14.8 Å². The predicted molar refractivity (Wildman–Crippen MR) is 127 cm³/mol. The highest BCUT2D eigenvalue weighted by Gasteiger charge is 2.28. The summed E-state index contributed by atoms with van der Waals surface area (Å²) in [7, 11) is -4.01. The Bertz CT molecular complexity index is 1250. The third-order valence-electron chi connectivity index (χ3n) is 5.07. The summed E-state index contributed by atoms with van der Waals surface area (Å²) in [6, 6.07) is 20.1. The zero-order valence-corrected chi connectivity index (χ0v) is 19.5. The first kappa shape index (κ1) is 22.9. The van der Waals surface area contributed by atoms with E-state index in [-0.39, 0.29) is 24.2 Å². The number of halogens is 1. The van der Waals surface area contributed by atoms with E-state index in [1.54, 1.807) is 24.3 Å². The van der Waals surface area contributed by atoms with Crippen LogP contribution in [0.2, 0.25) is 5.02 Å². The van der Waals surface area contributed by atoms with E-state index in [9.17, 15) is 13.2 Å². The van der Waals surface area contributed by atoms with Gasteiger partial charge >= 0.3 is 0 Å². The molecule has 0 saturated carbocycles. The third-order valence-corrected chi connectivity index (χ3v) is 7.11. The normalized spacial score (nSPS) is 15.0. The molecule has 0 saturated heterocycles. The van der Waals surface area contributed by atoms with Gasteiger partial charge in [-0.25, -0.2) is 8.42 Å². The maximum absolute atomic E-state index is 13.4. The number of nitrogens with one attached hydrogen (secondary N) is 1. The van der Waals surface area contributed by atoms with Gasteiger partial charge in [-0.2, -0.15) is 0 Å². The molecule has 33 heavy (non-hydrogen) atoms. The van der Waals surface area contributed by atoms with Gasteiger partial charge in [0.1, 0.15) is 19.3 Å². The Balaban J connectivity index is 1.49. The topological polar surface area (TPSA) is 84.9 Å². The number of amides is 1. The molecule has 1 heterocycles. The molecular formula is C24H23ClN2O5S. The van der Waals surface area contributed by atoms with Crippen molar-refractivity contribution in [3.63, 3.8) is 0 Å². The summed E-state index contributed by atoms with van der Waals surface area (Å²) in [6.45, 7) is 1.92. The lowest BCUT2D eigenvalue weighted by atomic mass is 10.2. The van der Waals surface area contributed by atoms with Gasteiger partial charge in [-0.3, -0.25) is 9.10 Å². The fourth-order valence-electron chi connectivity index (χ4n) is 3.41. The number of hydrogen-bond donors (Lipinski definition) is 1. The van der Waals surface area contributed by atoms with E-state index in [0.29, 0.717) is 22.2 Å². The van der Waals surface area contributed by atoms with Crippen LogP contribution >= 0.6 is 11.6 Å². The van der Waals surface area contributed by atoms with Crippen LogP contribution in [0.5, 0.6) is 11.5 Å². The zero-order valence-electron chi connectivity index (χ0n) is 17.9. The van der Waals surface area contributed by atoms with Crippen molar-refractivity contribution < 1.29 is 22.7 Å². The maximum Gasteiger partial charge on any atom is 0.264 e. The van der Waals surface area contributed by atoms with Crippen molar-refractivity contribution in [3.8, 4) is 11.5 Å². The van der Waals surface area contributed by atoms with E-state index < -0.39 is 22.5 Å². The summed E-state index contributed by atoms with van der Waals surface area (Å²) < 4.78 is 39.4. The summed E-state index contributed by atoms with van der Waals surface area (Å²) in [5.41, 5.74) is 1.27. The number of sulfonamides is 1. The van der Waals surface area contributed by atoms with Gasteiger partial charge in [-0.15, -0.1) is 0 Å². The Morgan fingerprint density at radius 1 is 1.06 bits per heavy atom. The Hall–Kier alpha value is -3.23. The first-order chi connectivity index (χ1) is 15.8. The molecule has 1 aliphatic heterocycles. The number of fused-ring (bicyclic) bond motifs is 1. The highest BCUT2D eigenvalue weighted by Crippen LogP contribution is 2.30. The summed E-state index contributed by atoms with van der Waals surface area (Å²) in [6.07, 6.45) is -0.385. The molecule has 0 aromatic heterocycles. The van der Waals surface area contributed by atoms with Crippen molar-refractivity contribution in [1.29, 1.82) is 0 Å². The quantitative estimate of drug-likeness (QED) is 0.549. The minimum atomic E-state index is -4.01. The molecule has 3 aromatic rings. The number of rotatable bonds is 7. The lowest BCUT2D eigenvalue weighted by molar-refractivity contribution is -0.120. The van der Waals surface area contributed by atoms with E-state index in [2.05, 4.69) is 5.32 Å². The van der Waals surface area contributed by atoms with Crippen molar-refractivity contribution in [3.05, 3.63) is 83.4 Å². The summed E-state index contributed by atoms with van der Waals surface area (Å²) in [5.74, 6) is 0.797. The number of para-hydroxylation sites is 2. The molecule has 1 aliphatic rings. The minimum absolute atomic E-state index is 0.0434. The van der Waals surface area contributed by atoms with E-state index >= 15 is 0 Å². The number of anilines is 1. The van der Waals surface area contributed by atoms with Crippen LogP contribution < -0.4 is 19.1 Å². The van der Waals surface area contributed by atoms with Crippen LogP contribution in [0.25, 0.3) is 0 Å². The average molecular weight is 487 g/mol. The number of carbonyl (C=O) groups excluding carboxylic acids is 1. The van der Waals surface area contributed by atoms with Crippen molar-refractivity contribution >= 4 is 33.2 Å². The number of benzene rings is 3. The Kier molecular flexibility index (Phi) is 6.76. The molecule has 1 amide bonds. The van der Waals surface area contributed by atoms with Gasteiger partial charge in [0.05, 0.1) is 17.1 Å². The molecule has 0 aliphatic carbocycles. The standard InChI is InChI=1S/C24H23ClN2O5S/c1-17-5-4-6-19(13-17)27(33(29,30)21-11-9-18(25)10-12-21)15-24(28)26-14-20-16-31-22-7-2-3-8-23(22)32-20/h2-13,20H,14-16H2,1H3,(H,26,28)/t20-/m0/s1. The lowest BCUT2D eigenvalue weighted by Gasteiger charge is -2.27. The minimum Gasteiger partial charge on any atom is -0.486 e. The van der Waals surface area contributed by atoms with Crippen molar-refractivity contribution in [2.24, 2.45) is 0 Å². The molecule has 1 atom stereocenters. The van der Waals surface area contributed by atoms with Crippen molar-refractivity contribution in [2.75, 3.05) is 24.0 Å². The average Bonchev–Trinajstić information content (AvgIpc) is 2.81. The number of nitrogens with zero attached hydrogens (tertiary/aromatic N) is 1. The van der Waals surface area contributed by atoms with Crippen LogP contribution in [0.15, 0.2) is 77.7 Å². The molecule has 9 heteroatoms. The molecule has 0 fully saturated rings. The number of carbonyl (C=O) groups is 1. The van der Waals surface area contributed by atoms with Crippen molar-refractivity contribution in [2.45, 2.75) is 17.9 Å². The summed E-state index contributed by atoms with van der Waals surface area (Å²) in [5, 5.41) is 3.18. The Morgan fingerprint density at radius 2 is 1.79 bits per heavy atom. The Labute approximate surface area is 197 Å². The van der Waals surface area contributed by atoms with Crippen LogP contribution in [0.3, 0.4) is 0 Å². The second-order valence-corrected chi connectivity index (χ2v) is 9.91. The fourth-order valence-corrected chi connectivity index (χ4v) is 4.95. The number of ether oxygens (including phenoxy) is 2. The molecule has 172 valence electrons. The highest BCUT2D eigenvalue weighted by molar-refractivity contribution is 7.92. The van der Waals surface area contributed by atoms with Crippen LogP contribution in [0.1, 0.15) is 5.56 Å². The molecular weight excluding hydrogens is 464 g/mol. The zero-order chi connectivity index (χ0) is 23.4. The Morgan fingerprint density at radius 3 is 2.52 bits per heavy atom. The predicted octanol–water partition coefficient (Wildman–Crippen LogP) is 3.80. The maximum atomic E-state index is 13.4. The summed E-state index contributed by atoms with van der Waals surface area (Å²) in [4.78, 5) is 12.8. The van der Waals surface area contributed by atoms with E-state index in [0.717, 1.165) is 9.87 Å².